The lowest BCUT2D eigenvalue weighted by Crippen LogP contribution is -2.62. The van der Waals surface area contributed by atoms with Crippen molar-refractivity contribution in [2.45, 2.75) is 24.9 Å². The minimum Gasteiger partial charge on any atom is -0.481 e. The molecule has 1 atom stereocenters. The Morgan fingerprint density at radius 3 is 2.26 bits per heavy atom. The van der Waals surface area contributed by atoms with E-state index < -0.39 is 23.6 Å². The summed E-state index contributed by atoms with van der Waals surface area (Å²) in [6, 6.07) is 16.0. The van der Waals surface area contributed by atoms with Crippen molar-refractivity contribution in [2.24, 2.45) is 5.41 Å². The van der Waals surface area contributed by atoms with Crippen LogP contribution in [0.1, 0.15) is 29.9 Å². The van der Waals surface area contributed by atoms with E-state index in [1.165, 1.54) is 11.0 Å². The van der Waals surface area contributed by atoms with E-state index in [4.69, 9.17) is 4.74 Å². The Morgan fingerprint density at radius 1 is 1.12 bits per heavy atom. The number of hydrogen-bond acceptors (Lipinski definition) is 5. The smallest absolute Gasteiger partial charge is 0.407 e. The molecule has 2 aromatic rings. The molecule has 1 saturated heterocycles. The summed E-state index contributed by atoms with van der Waals surface area (Å²) in [5, 5.41) is 22.1. The van der Waals surface area contributed by atoms with Crippen LogP contribution in [0.3, 0.4) is 0 Å². The molecule has 1 fully saturated rings. The second-order valence-corrected chi connectivity index (χ2v) is 8.89. The number of aliphatic hydroxyl groups is 1. The third kappa shape index (κ3) is 4.54. The van der Waals surface area contributed by atoms with Gasteiger partial charge in [-0.25, -0.2) is 4.79 Å². The van der Waals surface area contributed by atoms with E-state index in [0.29, 0.717) is 0 Å². The molecular formula is C26H28N2O6. The summed E-state index contributed by atoms with van der Waals surface area (Å²) >= 11 is 0. The first-order chi connectivity index (χ1) is 16.3. The molecule has 178 valence electrons. The summed E-state index contributed by atoms with van der Waals surface area (Å²) in [6.07, 6.45) is -0.186. The van der Waals surface area contributed by atoms with Crippen molar-refractivity contribution in [3.63, 3.8) is 0 Å². The van der Waals surface area contributed by atoms with Gasteiger partial charge in [-0.15, -0.1) is 6.58 Å². The monoisotopic (exact) mass is 464 g/mol. The molecule has 2 aliphatic rings. The van der Waals surface area contributed by atoms with Gasteiger partial charge in [-0.05, 0) is 28.7 Å². The third-order valence-electron chi connectivity index (χ3n) is 6.56. The van der Waals surface area contributed by atoms with Gasteiger partial charge in [0.1, 0.15) is 12.0 Å². The van der Waals surface area contributed by atoms with Crippen molar-refractivity contribution in [3.8, 4) is 11.1 Å². The van der Waals surface area contributed by atoms with E-state index in [9.17, 15) is 24.6 Å². The van der Waals surface area contributed by atoms with E-state index in [1.54, 1.807) is 0 Å². The molecule has 1 aliphatic carbocycles. The van der Waals surface area contributed by atoms with Crippen LogP contribution in [0.4, 0.5) is 4.79 Å². The van der Waals surface area contributed by atoms with Gasteiger partial charge in [0.2, 0.25) is 5.91 Å². The number of allylic oxidation sites excluding steroid dienone is 1. The van der Waals surface area contributed by atoms with Crippen LogP contribution >= 0.6 is 0 Å². The first-order valence-corrected chi connectivity index (χ1v) is 11.2. The number of likely N-dealkylation sites (tertiary alicyclic amines) is 1. The molecule has 3 N–H and O–H groups in total. The largest absolute Gasteiger partial charge is 0.481 e. The lowest BCUT2D eigenvalue weighted by molar-refractivity contribution is -0.166. The molecule has 0 spiro atoms. The molecule has 34 heavy (non-hydrogen) atoms. The van der Waals surface area contributed by atoms with Crippen LogP contribution in [0.15, 0.2) is 61.2 Å². The minimum atomic E-state index is -1.10. The second-order valence-electron chi connectivity index (χ2n) is 8.89. The summed E-state index contributed by atoms with van der Waals surface area (Å²) < 4.78 is 5.42. The number of nitrogens with one attached hydrogen (secondary N) is 1. The lowest BCUT2D eigenvalue weighted by atomic mass is 9.76. The molecule has 0 saturated carbocycles. The number of carboxylic acid groups (broad SMARTS) is 1. The molecule has 8 nitrogen and oxygen atoms in total. The highest BCUT2D eigenvalue weighted by atomic mass is 16.5. The summed E-state index contributed by atoms with van der Waals surface area (Å²) in [7, 11) is 0. The fraction of sp³-hybridized carbons (Fsp3) is 0.346. The number of fused-ring (bicyclic) bond motifs is 3. The predicted molar refractivity (Wildman–Crippen MR) is 125 cm³/mol. The number of carboxylic acids is 1. The topological polar surface area (TPSA) is 116 Å². The minimum absolute atomic E-state index is 0.0684. The molecule has 4 rings (SSSR count). The molecule has 1 heterocycles. The Bertz CT molecular complexity index is 1060. The summed E-state index contributed by atoms with van der Waals surface area (Å²) in [5.41, 5.74) is 3.47. The number of hydrogen-bond donors (Lipinski definition) is 3. The lowest BCUT2D eigenvalue weighted by Gasteiger charge is -2.47. The van der Waals surface area contributed by atoms with Gasteiger partial charge in [-0.2, -0.15) is 0 Å². The van der Waals surface area contributed by atoms with Crippen molar-refractivity contribution < 1.29 is 29.3 Å². The zero-order valence-electron chi connectivity index (χ0n) is 18.8. The van der Waals surface area contributed by atoms with Crippen LogP contribution in [0.2, 0.25) is 0 Å². The first-order valence-electron chi connectivity index (χ1n) is 11.2. The maximum absolute atomic E-state index is 12.3. The molecule has 2 amide bonds. The number of alkyl carbamates (subject to hydrolysis) is 1. The highest BCUT2D eigenvalue weighted by molar-refractivity contribution is 5.84. The SMILES string of the molecule is C=CCC1(C(=O)O)CN(C(=O)CC(O)CNC(=O)OCC2c3ccccc3-c3ccccc32)C1. The van der Waals surface area contributed by atoms with Gasteiger partial charge in [-0.1, -0.05) is 54.6 Å². The first kappa shape index (κ1) is 23.5. The molecule has 0 bridgehead atoms. The highest BCUT2D eigenvalue weighted by Crippen LogP contribution is 2.44. The highest BCUT2D eigenvalue weighted by Gasteiger charge is 2.50. The maximum Gasteiger partial charge on any atom is 0.407 e. The van der Waals surface area contributed by atoms with E-state index in [0.717, 1.165) is 22.3 Å². The van der Waals surface area contributed by atoms with Gasteiger partial charge in [0.05, 0.1) is 12.5 Å². The Hall–Kier alpha value is -3.65. The van der Waals surface area contributed by atoms with Gasteiger partial charge in [0, 0.05) is 25.6 Å². The van der Waals surface area contributed by atoms with Crippen molar-refractivity contribution in [2.75, 3.05) is 26.2 Å². The maximum atomic E-state index is 12.3. The van der Waals surface area contributed by atoms with E-state index in [1.807, 2.05) is 36.4 Å². The van der Waals surface area contributed by atoms with E-state index in [-0.39, 0.29) is 50.9 Å². The van der Waals surface area contributed by atoms with Gasteiger partial charge < -0.3 is 25.2 Å². The Morgan fingerprint density at radius 2 is 1.71 bits per heavy atom. The quantitative estimate of drug-likeness (QED) is 0.492. The Balaban J connectivity index is 1.23. The second kappa shape index (κ2) is 9.69. The average Bonchev–Trinajstić information content (AvgIpc) is 3.12. The summed E-state index contributed by atoms with van der Waals surface area (Å²) in [4.78, 5) is 37.4. The number of benzene rings is 2. The van der Waals surface area contributed by atoms with E-state index in [2.05, 4.69) is 24.0 Å². The van der Waals surface area contributed by atoms with Gasteiger partial charge in [0.25, 0.3) is 0 Å². The fourth-order valence-electron chi connectivity index (χ4n) is 4.74. The third-order valence-corrected chi connectivity index (χ3v) is 6.56. The zero-order valence-corrected chi connectivity index (χ0v) is 18.8. The zero-order chi connectivity index (χ0) is 24.3. The van der Waals surface area contributed by atoms with Gasteiger partial charge in [-0.3, -0.25) is 9.59 Å². The molecule has 0 aromatic heterocycles. The summed E-state index contributed by atoms with van der Waals surface area (Å²) in [5.74, 6) is -1.39. The number of nitrogens with zero attached hydrogens (tertiary/aromatic N) is 1. The molecule has 1 unspecified atom stereocenters. The molecule has 0 radical (unpaired) electrons. The number of ether oxygens (including phenoxy) is 1. The number of aliphatic carboxylic acids is 1. The Labute approximate surface area is 197 Å². The van der Waals surface area contributed by atoms with E-state index >= 15 is 0 Å². The standard InChI is InChI=1S/C26H28N2O6/c1-2-11-26(24(31)32)15-28(16-26)23(30)12-17(29)13-27-25(33)34-14-22-20-9-5-3-7-18(20)19-8-4-6-10-21(19)22/h2-10,17,22,29H,1,11-16H2,(H,27,33)(H,31,32). The number of carbonyl (C=O) groups excluding carboxylic acids is 2. The molecule has 2 aromatic carbocycles. The summed E-state index contributed by atoms with van der Waals surface area (Å²) in [6.45, 7) is 3.75. The number of carbonyl (C=O) groups is 3. The number of rotatable bonds is 9. The van der Waals surface area contributed by atoms with Gasteiger partial charge in [0.15, 0.2) is 0 Å². The number of aliphatic hydroxyl groups excluding tert-OH is 1. The van der Waals surface area contributed by atoms with Crippen LogP contribution in [-0.4, -0.2) is 65.4 Å². The van der Waals surface area contributed by atoms with Crippen LogP contribution in [0, 0.1) is 5.41 Å². The van der Waals surface area contributed by atoms with Crippen molar-refractivity contribution in [1.82, 2.24) is 10.2 Å². The molecule has 1 aliphatic heterocycles. The van der Waals surface area contributed by atoms with Crippen molar-refractivity contribution in [3.05, 3.63) is 72.3 Å². The van der Waals surface area contributed by atoms with Crippen LogP contribution < -0.4 is 5.32 Å². The molecule has 8 heteroatoms. The van der Waals surface area contributed by atoms with Gasteiger partial charge >= 0.3 is 12.1 Å². The normalized spacial score (nSPS) is 16.6. The molecular weight excluding hydrogens is 436 g/mol. The fourth-order valence-corrected chi connectivity index (χ4v) is 4.74. The van der Waals surface area contributed by atoms with Crippen LogP contribution in [-0.2, 0) is 14.3 Å². The Kier molecular flexibility index (Phi) is 6.70. The van der Waals surface area contributed by atoms with Crippen LogP contribution in [0.5, 0.6) is 0 Å². The van der Waals surface area contributed by atoms with Crippen LogP contribution in [0.25, 0.3) is 11.1 Å². The number of amides is 2. The average molecular weight is 465 g/mol. The van der Waals surface area contributed by atoms with Crippen molar-refractivity contribution in [1.29, 1.82) is 0 Å². The van der Waals surface area contributed by atoms with Crippen molar-refractivity contribution >= 4 is 18.0 Å². The predicted octanol–water partition coefficient (Wildman–Crippen LogP) is 2.77.